The summed E-state index contributed by atoms with van der Waals surface area (Å²) >= 11 is 0. The highest BCUT2D eigenvalue weighted by atomic mass is 15.1. The van der Waals surface area contributed by atoms with Crippen LogP contribution < -0.4 is 4.90 Å². The number of hydrogen-bond donors (Lipinski definition) is 0. The molecule has 2 heterocycles. The van der Waals surface area contributed by atoms with Crippen molar-refractivity contribution in [3.05, 3.63) is 30.9 Å². The Labute approximate surface area is 77.0 Å². The van der Waals surface area contributed by atoms with Crippen molar-refractivity contribution in [3.8, 4) is 0 Å². The highest BCUT2D eigenvalue weighted by Gasteiger charge is 2.01. The fourth-order valence-electron chi connectivity index (χ4n) is 1.36. The third kappa shape index (κ3) is 1.33. The van der Waals surface area contributed by atoms with Gasteiger partial charge in [-0.05, 0) is 6.07 Å². The number of nitrogens with zero attached hydrogens (tertiary/aromatic N) is 3. The molecule has 0 aromatic carbocycles. The van der Waals surface area contributed by atoms with Crippen molar-refractivity contribution in [2.24, 2.45) is 0 Å². The van der Waals surface area contributed by atoms with Crippen molar-refractivity contribution in [2.45, 2.75) is 0 Å². The van der Waals surface area contributed by atoms with Gasteiger partial charge < -0.3 is 4.90 Å². The van der Waals surface area contributed by atoms with Crippen LogP contribution in [0.2, 0.25) is 0 Å². The lowest BCUT2D eigenvalue weighted by Gasteiger charge is -2.13. The van der Waals surface area contributed by atoms with Gasteiger partial charge in [-0.3, -0.25) is 9.97 Å². The maximum atomic E-state index is 4.15. The van der Waals surface area contributed by atoms with Gasteiger partial charge in [-0.25, -0.2) is 0 Å². The molecule has 0 amide bonds. The highest BCUT2D eigenvalue weighted by molar-refractivity contribution is 5.92. The molecule has 0 aliphatic rings. The SMILES string of the molecule is CN(C)c1cncc2cnccc12. The van der Waals surface area contributed by atoms with Gasteiger partial charge in [0.15, 0.2) is 0 Å². The van der Waals surface area contributed by atoms with Crippen LogP contribution in [0.25, 0.3) is 10.8 Å². The van der Waals surface area contributed by atoms with Gasteiger partial charge in [-0.2, -0.15) is 0 Å². The molecular weight excluding hydrogens is 162 g/mol. The van der Waals surface area contributed by atoms with E-state index in [1.54, 1.807) is 6.20 Å². The van der Waals surface area contributed by atoms with E-state index in [9.17, 15) is 0 Å². The molecule has 0 bridgehead atoms. The molecule has 13 heavy (non-hydrogen) atoms. The number of anilines is 1. The Balaban J connectivity index is 2.76. The highest BCUT2D eigenvalue weighted by Crippen LogP contribution is 2.22. The predicted molar refractivity (Wildman–Crippen MR) is 53.9 cm³/mol. The first-order chi connectivity index (χ1) is 6.29. The third-order valence-electron chi connectivity index (χ3n) is 2.02. The van der Waals surface area contributed by atoms with Gasteiger partial charge in [0.05, 0.1) is 11.9 Å². The van der Waals surface area contributed by atoms with Crippen molar-refractivity contribution in [1.82, 2.24) is 9.97 Å². The monoisotopic (exact) mass is 173 g/mol. The average Bonchev–Trinajstić information content (AvgIpc) is 2.17. The minimum Gasteiger partial charge on any atom is -0.376 e. The molecule has 0 aliphatic carbocycles. The molecule has 0 atom stereocenters. The number of pyridine rings is 2. The molecule has 3 nitrogen and oxygen atoms in total. The van der Waals surface area contributed by atoms with Crippen molar-refractivity contribution >= 4 is 16.5 Å². The maximum Gasteiger partial charge on any atom is 0.0628 e. The normalized spacial score (nSPS) is 10.3. The Kier molecular flexibility index (Phi) is 1.85. The van der Waals surface area contributed by atoms with E-state index in [0.29, 0.717) is 0 Å². The molecule has 0 aliphatic heterocycles. The lowest BCUT2D eigenvalue weighted by atomic mass is 10.2. The molecule has 2 rings (SSSR count). The van der Waals surface area contributed by atoms with Crippen LogP contribution in [0.3, 0.4) is 0 Å². The minimum absolute atomic E-state index is 1.08. The maximum absolute atomic E-state index is 4.15. The van der Waals surface area contributed by atoms with Crippen LogP contribution in [0.15, 0.2) is 30.9 Å². The minimum atomic E-state index is 1.08. The van der Waals surface area contributed by atoms with Crippen LogP contribution in [-0.4, -0.2) is 24.1 Å². The summed E-state index contributed by atoms with van der Waals surface area (Å²) < 4.78 is 0. The second-order valence-electron chi connectivity index (χ2n) is 3.15. The summed E-state index contributed by atoms with van der Waals surface area (Å²) in [4.78, 5) is 10.3. The first kappa shape index (κ1) is 7.98. The third-order valence-corrected chi connectivity index (χ3v) is 2.02. The smallest absolute Gasteiger partial charge is 0.0628 e. The Morgan fingerprint density at radius 3 is 2.62 bits per heavy atom. The van der Waals surface area contributed by atoms with Crippen molar-refractivity contribution in [2.75, 3.05) is 19.0 Å². The van der Waals surface area contributed by atoms with Gasteiger partial charge in [0.1, 0.15) is 0 Å². The molecule has 0 spiro atoms. The largest absolute Gasteiger partial charge is 0.376 e. The molecule has 0 saturated carbocycles. The van der Waals surface area contributed by atoms with E-state index in [2.05, 4.69) is 14.9 Å². The fraction of sp³-hybridized carbons (Fsp3) is 0.200. The van der Waals surface area contributed by atoms with Gasteiger partial charge in [-0.1, -0.05) is 0 Å². The molecule has 2 aromatic rings. The number of fused-ring (bicyclic) bond motifs is 1. The van der Waals surface area contributed by atoms with Gasteiger partial charge in [-0.15, -0.1) is 0 Å². The van der Waals surface area contributed by atoms with Gasteiger partial charge in [0.2, 0.25) is 0 Å². The van der Waals surface area contributed by atoms with Crippen LogP contribution in [-0.2, 0) is 0 Å². The van der Waals surface area contributed by atoms with Crippen LogP contribution in [0.5, 0.6) is 0 Å². The molecule has 0 radical (unpaired) electrons. The van der Waals surface area contributed by atoms with E-state index in [1.807, 2.05) is 38.8 Å². The molecule has 0 saturated heterocycles. The van der Waals surface area contributed by atoms with Crippen molar-refractivity contribution in [1.29, 1.82) is 0 Å². The topological polar surface area (TPSA) is 29.0 Å². The van der Waals surface area contributed by atoms with Crippen molar-refractivity contribution < 1.29 is 0 Å². The van der Waals surface area contributed by atoms with E-state index in [4.69, 9.17) is 0 Å². The van der Waals surface area contributed by atoms with E-state index in [1.165, 1.54) is 5.39 Å². The average molecular weight is 173 g/mol. The van der Waals surface area contributed by atoms with Crippen molar-refractivity contribution in [3.63, 3.8) is 0 Å². The summed E-state index contributed by atoms with van der Waals surface area (Å²) in [6.45, 7) is 0. The first-order valence-corrected chi connectivity index (χ1v) is 4.14. The standard InChI is InChI=1S/C10H11N3/c1-13(2)10-7-12-6-8-5-11-4-3-9(8)10/h3-7H,1-2H3. The summed E-state index contributed by atoms with van der Waals surface area (Å²) in [5.74, 6) is 0. The van der Waals surface area contributed by atoms with E-state index in [0.717, 1.165) is 11.1 Å². The van der Waals surface area contributed by atoms with Crippen LogP contribution >= 0.6 is 0 Å². The Hall–Kier alpha value is -1.64. The zero-order valence-corrected chi connectivity index (χ0v) is 7.73. The van der Waals surface area contributed by atoms with Gasteiger partial charge in [0.25, 0.3) is 0 Å². The summed E-state index contributed by atoms with van der Waals surface area (Å²) in [6.07, 6.45) is 7.32. The molecule has 2 aromatic heterocycles. The van der Waals surface area contributed by atoms with Crippen LogP contribution in [0.1, 0.15) is 0 Å². The molecule has 3 heteroatoms. The van der Waals surface area contributed by atoms with E-state index < -0.39 is 0 Å². The Bertz CT molecular complexity index is 418. The molecule has 0 unspecified atom stereocenters. The first-order valence-electron chi connectivity index (χ1n) is 4.14. The lowest BCUT2D eigenvalue weighted by molar-refractivity contribution is 1.12. The Morgan fingerprint density at radius 1 is 1.08 bits per heavy atom. The van der Waals surface area contributed by atoms with Gasteiger partial charge >= 0.3 is 0 Å². The fourth-order valence-corrected chi connectivity index (χ4v) is 1.36. The van der Waals surface area contributed by atoms with Crippen LogP contribution in [0.4, 0.5) is 5.69 Å². The second-order valence-corrected chi connectivity index (χ2v) is 3.15. The predicted octanol–water partition coefficient (Wildman–Crippen LogP) is 1.70. The molecule has 66 valence electrons. The zero-order chi connectivity index (χ0) is 9.26. The number of aromatic nitrogens is 2. The Morgan fingerprint density at radius 2 is 1.85 bits per heavy atom. The molecule has 0 fully saturated rings. The van der Waals surface area contributed by atoms with Crippen LogP contribution in [0, 0.1) is 0 Å². The zero-order valence-electron chi connectivity index (χ0n) is 7.73. The quantitative estimate of drug-likeness (QED) is 0.657. The van der Waals surface area contributed by atoms with E-state index in [-0.39, 0.29) is 0 Å². The molecular formula is C10H11N3. The summed E-state index contributed by atoms with van der Waals surface area (Å²) in [5.41, 5.74) is 1.12. The lowest BCUT2D eigenvalue weighted by Crippen LogP contribution is -2.09. The van der Waals surface area contributed by atoms with E-state index >= 15 is 0 Å². The number of hydrogen-bond acceptors (Lipinski definition) is 3. The summed E-state index contributed by atoms with van der Waals surface area (Å²) in [5, 5.41) is 2.27. The van der Waals surface area contributed by atoms with Gasteiger partial charge in [0, 0.05) is 43.5 Å². The number of rotatable bonds is 1. The molecule has 0 N–H and O–H groups in total. The summed E-state index contributed by atoms with van der Waals surface area (Å²) in [7, 11) is 4.02. The second kappa shape index (κ2) is 3.01. The summed E-state index contributed by atoms with van der Waals surface area (Å²) in [6, 6.07) is 2.01.